The summed E-state index contributed by atoms with van der Waals surface area (Å²) in [5, 5.41) is 16.9. The van der Waals surface area contributed by atoms with Crippen molar-refractivity contribution >= 4 is 22.6 Å². The van der Waals surface area contributed by atoms with Crippen LogP contribution in [0.25, 0.3) is 11.3 Å². The van der Waals surface area contributed by atoms with Crippen molar-refractivity contribution in [2.75, 3.05) is 0 Å². The quantitative estimate of drug-likeness (QED) is 0.856. The third-order valence-corrected chi connectivity index (χ3v) is 2.88. The summed E-state index contributed by atoms with van der Waals surface area (Å²) in [5.74, 6) is 0. The minimum atomic E-state index is -0.0881. The van der Waals surface area contributed by atoms with E-state index in [1.165, 1.54) is 3.57 Å². The summed E-state index contributed by atoms with van der Waals surface area (Å²) in [6.07, 6.45) is 0. The Morgan fingerprint density at radius 1 is 1.33 bits per heavy atom. The summed E-state index contributed by atoms with van der Waals surface area (Å²) in [4.78, 5) is 0. The molecule has 0 bridgehead atoms. The molecule has 15 heavy (non-hydrogen) atoms. The van der Waals surface area contributed by atoms with Gasteiger partial charge in [0.1, 0.15) is 5.69 Å². The highest BCUT2D eigenvalue weighted by molar-refractivity contribution is 14.1. The van der Waals surface area contributed by atoms with Crippen LogP contribution in [0.2, 0.25) is 0 Å². The van der Waals surface area contributed by atoms with Gasteiger partial charge in [-0.25, -0.2) is 4.68 Å². The number of hydrogen-bond acceptors (Lipinski definition) is 3. The Bertz CT molecular complexity index is 464. The highest BCUT2D eigenvalue weighted by Gasteiger charge is 2.11. The molecule has 5 heteroatoms. The normalized spacial score (nSPS) is 10.6. The lowest BCUT2D eigenvalue weighted by Gasteiger charge is -2.03. The molecule has 1 heterocycles. The zero-order valence-corrected chi connectivity index (χ0v) is 10.3. The molecule has 2 rings (SSSR count). The zero-order valence-electron chi connectivity index (χ0n) is 8.18. The van der Waals surface area contributed by atoms with Crippen molar-refractivity contribution in [2.24, 2.45) is 7.05 Å². The Morgan fingerprint density at radius 2 is 2.00 bits per heavy atom. The molecular weight excluding hydrogens is 305 g/mol. The molecule has 1 aromatic carbocycles. The molecule has 1 N–H and O–H groups in total. The van der Waals surface area contributed by atoms with E-state index in [4.69, 9.17) is 5.11 Å². The van der Waals surface area contributed by atoms with Crippen molar-refractivity contribution in [2.45, 2.75) is 6.61 Å². The van der Waals surface area contributed by atoms with Gasteiger partial charge in [-0.3, -0.25) is 0 Å². The predicted octanol–water partition coefficient (Wildman–Crippen LogP) is 1.58. The first-order valence-electron chi connectivity index (χ1n) is 4.47. The van der Waals surface area contributed by atoms with Crippen LogP contribution >= 0.6 is 22.6 Å². The van der Waals surface area contributed by atoms with Gasteiger partial charge < -0.3 is 5.11 Å². The number of hydrogen-bond donors (Lipinski definition) is 1. The summed E-state index contributed by atoms with van der Waals surface area (Å²) < 4.78 is 2.85. The predicted molar refractivity (Wildman–Crippen MR) is 65.1 cm³/mol. The lowest BCUT2D eigenvalue weighted by molar-refractivity contribution is 0.277. The Balaban J connectivity index is 2.52. The fourth-order valence-corrected chi connectivity index (χ4v) is 1.83. The number of halogens is 1. The fourth-order valence-electron chi connectivity index (χ4n) is 1.47. The van der Waals surface area contributed by atoms with Crippen LogP contribution in [0, 0.1) is 3.57 Å². The molecule has 0 unspecified atom stereocenters. The van der Waals surface area contributed by atoms with Crippen molar-refractivity contribution in [1.82, 2.24) is 15.0 Å². The molecule has 78 valence electrons. The molecule has 4 nitrogen and oxygen atoms in total. The molecule has 0 atom stereocenters. The molecule has 0 fully saturated rings. The van der Waals surface area contributed by atoms with Crippen molar-refractivity contribution < 1.29 is 5.11 Å². The van der Waals surface area contributed by atoms with Gasteiger partial charge in [0.2, 0.25) is 0 Å². The third-order valence-electron chi connectivity index (χ3n) is 2.16. The average Bonchev–Trinajstić information content (AvgIpc) is 2.61. The average molecular weight is 315 g/mol. The minimum absolute atomic E-state index is 0.0881. The van der Waals surface area contributed by atoms with Gasteiger partial charge in [-0.2, -0.15) is 0 Å². The highest BCUT2D eigenvalue weighted by atomic mass is 127. The summed E-state index contributed by atoms with van der Waals surface area (Å²) >= 11 is 2.25. The maximum Gasteiger partial charge on any atom is 0.116 e. The van der Waals surface area contributed by atoms with Crippen LogP contribution in [0.1, 0.15) is 5.69 Å². The molecule has 1 aromatic heterocycles. The summed E-state index contributed by atoms with van der Waals surface area (Å²) in [7, 11) is 1.82. The van der Waals surface area contributed by atoms with Gasteiger partial charge in [-0.15, -0.1) is 5.10 Å². The second kappa shape index (κ2) is 4.28. The molecule has 0 amide bonds. The summed E-state index contributed by atoms with van der Waals surface area (Å²) in [6.45, 7) is -0.0881. The minimum Gasteiger partial charge on any atom is -0.390 e. The number of rotatable bonds is 2. The standard InChI is InChI=1S/C10H10IN3O/c1-14-10(9(6-15)12-13-14)7-2-4-8(11)5-3-7/h2-5,15H,6H2,1H3. The largest absolute Gasteiger partial charge is 0.390 e. The Morgan fingerprint density at radius 3 is 2.60 bits per heavy atom. The van der Waals surface area contributed by atoms with Gasteiger partial charge in [0.15, 0.2) is 0 Å². The smallest absolute Gasteiger partial charge is 0.116 e. The van der Waals surface area contributed by atoms with E-state index in [9.17, 15) is 0 Å². The molecule has 0 aliphatic carbocycles. The van der Waals surface area contributed by atoms with Crippen LogP contribution in [0.5, 0.6) is 0 Å². The van der Waals surface area contributed by atoms with E-state index in [-0.39, 0.29) is 6.61 Å². The van der Waals surface area contributed by atoms with Crippen LogP contribution in [0.15, 0.2) is 24.3 Å². The first-order valence-corrected chi connectivity index (χ1v) is 5.55. The second-order valence-electron chi connectivity index (χ2n) is 3.17. The van der Waals surface area contributed by atoms with Crippen LogP contribution in [-0.4, -0.2) is 20.1 Å². The van der Waals surface area contributed by atoms with E-state index in [0.29, 0.717) is 5.69 Å². The molecule has 2 aromatic rings. The molecule has 0 saturated carbocycles. The monoisotopic (exact) mass is 315 g/mol. The van der Waals surface area contributed by atoms with Crippen LogP contribution in [-0.2, 0) is 13.7 Å². The fraction of sp³-hybridized carbons (Fsp3) is 0.200. The van der Waals surface area contributed by atoms with Crippen LogP contribution in [0.3, 0.4) is 0 Å². The Kier molecular flexibility index (Phi) is 3.01. The summed E-state index contributed by atoms with van der Waals surface area (Å²) in [6, 6.07) is 8.04. The molecule has 0 spiro atoms. The number of aryl methyl sites for hydroxylation is 1. The van der Waals surface area contributed by atoms with E-state index < -0.39 is 0 Å². The van der Waals surface area contributed by atoms with Gasteiger partial charge >= 0.3 is 0 Å². The van der Waals surface area contributed by atoms with Gasteiger partial charge in [-0.05, 0) is 34.7 Å². The number of nitrogens with zero attached hydrogens (tertiary/aromatic N) is 3. The highest BCUT2D eigenvalue weighted by Crippen LogP contribution is 2.22. The number of benzene rings is 1. The van der Waals surface area contributed by atoms with E-state index in [0.717, 1.165) is 11.3 Å². The first kappa shape index (κ1) is 10.6. The maximum atomic E-state index is 9.13. The molecular formula is C10H10IN3O. The molecule has 0 radical (unpaired) electrons. The first-order chi connectivity index (χ1) is 7.22. The van der Waals surface area contributed by atoms with E-state index in [1.54, 1.807) is 4.68 Å². The maximum absolute atomic E-state index is 9.13. The lowest BCUT2D eigenvalue weighted by Crippen LogP contribution is -1.95. The second-order valence-corrected chi connectivity index (χ2v) is 4.42. The van der Waals surface area contributed by atoms with Crippen molar-refractivity contribution in [3.05, 3.63) is 33.5 Å². The number of aliphatic hydroxyl groups is 1. The summed E-state index contributed by atoms with van der Waals surface area (Å²) in [5.41, 5.74) is 2.50. The SMILES string of the molecule is Cn1nnc(CO)c1-c1ccc(I)cc1. The van der Waals surface area contributed by atoms with Crippen molar-refractivity contribution in [3.63, 3.8) is 0 Å². The van der Waals surface area contributed by atoms with Crippen LogP contribution in [0.4, 0.5) is 0 Å². The van der Waals surface area contributed by atoms with Gasteiger partial charge in [0.25, 0.3) is 0 Å². The van der Waals surface area contributed by atoms with Crippen molar-refractivity contribution in [1.29, 1.82) is 0 Å². The molecule has 0 saturated heterocycles. The topological polar surface area (TPSA) is 50.9 Å². The van der Waals surface area contributed by atoms with Crippen LogP contribution < -0.4 is 0 Å². The Labute approximate surface area is 101 Å². The third kappa shape index (κ3) is 2.03. The molecule has 0 aliphatic rings. The Hall–Kier alpha value is -0.950. The van der Waals surface area contributed by atoms with Gasteiger partial charge in [0.05, 0.1) is 12.3 Å². The lowest BCUT2D eigenvalue weighted by atomic mass is 10.1. The van der Waals surface area contributed by atoms with Gasteiger partial charge in [-0.1, -0.05) is 17.3 Å². The van der Waals surface area contributed by atoms with E-state index >= 15 is 0 Å². The zero-order chi connectivity index (χ0) is 10.8. The van der Waals surface area contributed by atoms with Gasteiger partial charge in [0, 0.05) is 16.2 Å². The molecule has 0 aliphatic heterocycles. The van der Waals surface area contributed by atoms with Crippen molar-refractivity contribution in [3.8, 4) is 11.3 Å². The van der Waals surface area contributed by atoms with E-state index in [2.05, 4.69) is 32.9 Å². The number of aliphatic hydroxyl groups excluding tert-OH is 1. The van der Waals surface area contributed by atoms with E-state index in [1.807, 2.05) is 31.3 Å². The number of aromatic nitrogens is 3.